The first kappa shape index (κ1) is 13.2. The van der Waals surface area contributed by atoms with Crippen LogP contribution >= 0.6 is 0 Å². The number of para-hydroxylation sites is 1. The third-order valence-corrected chi connectivity index (χ3v) is 2.81. The second-order valence-corrected chi connectivity index (χ2v) is 4.34. The molecule has 0 aromatic heterocycles. The van der Waals surface area contributed by atoms with Gasteiger partial charge in [0.2, 0.25) is 0 Å². The van der Waals surface area contributed by atoms with E-state index >= 15 is 0 Å². The van der Waals surface area contributed by atoms with E-state index in [9.17, 15) is 9.18 Å². The van der Waals surface area contributed by atoms with Crippen molar-refractivity contribution in [2.45, 2.75) is 13.0 Å². The topological polar surface area (TPSA) is 55.1 Å². The molecule has 1 unspecified atom stereocenters. The Bertz CT molecular complexity index is 579. The minimum atomic E-state index is -0.368. The fourth-order valence-corrected chi connectivity index (χ4v) is 1.80. The molecule has 0 spiro atoms. The van der Waals surface area contributed by atoms with Crippen molar-refractivity contribution in [3.05, 3.63) is 65.5 Å². The molecule has 0 radical (unpaired) electrons. The molecule has 4 heteroatoms. The number of anilines is 1. The predicted molar refractivity (Wildman–Crippen MR) is 73.4 cm³/mol. The number of nitrogens with two attached hydrogens (primary N) is 1. The van der Waals surface area contributed by atoms with Crippen LogP contribution in [0.4, 0.5) is 10.1 Å². The van der Waals surface area contributed by atoms with Gasteiger partial charge >= 0.3 is 0 Å². The molecule has 3 N–H and O–H groups in total. The summed E-state index contributed by atoms with van der Waals surface area (Å²) in [4.78, 5) is 12.0. The maximum absolute atomic E-state index is 12.8. The Balaban J connectivity index is 2.22. The van der Waals surface area contributed by atoms with Crippen LogP contribution in [0.3, 0.4) is 0 Å². The molecule has 0 aliphatic rings. The van der Waals surface area contributed by atoms with Crippen LogP contribution in [0.25, 0.3) is 0 Å². The van der Waals surface area contributed by atoms with Crippen molar-refractivity contribution in [2.24, 2.45) is 5.73 Å². The zero-order valence-corrected chi connectivity index (χ0v) is 10.6. The summed E-state index contributed by atoms with van der Waals surface area (Å²) in [5, 5.41) is 2.79. The molecular weight excluding hydrogens is 243 g/mol. The standard InChI is InChI=1S/C15H15FN2O/c1-10(17)13-4-2-3-5-14(13)18-15(19)11-6-8-12(16)9-7-11/h2-10H,17H2,1H3,(H,18,19). The average Bonchev–Trinajstić information content (AvgIpc) is 2.39. The van der Waals surface area contributed by atoms with Crippen molar-refractivity contribution < 1.29 is 9.18 Å². The third-order valence-electron chi connectivity index (χ3n) is 2.81. The van der Waals surface area contributed by atoms with E-state index in [1.54, 1.807) is 6.07 Å². The summed E-state index contributed by atoms with van der Waals surface area (Å²) in [6, 6.07) is 12.6. The minimum absolute atomic E-state index is 0.176. The maximum Gasteiger partial charge on any atom is 0.255 e. The molecule has 2 aromatic carbocycles. The van der Waals surface area contributed by atoms with E-state index in [2.05, 4.69) is 5.32 Å². The number of rotatable bonds is 3. The van der Waals surface area contributed by atoms with Gasteiger partial charge in [0, 0.05) is 17.3 Å². The smallest absolute Gasteiger partial charge is 0.255 e. The van der Waals surface area contributed by atoms with Gasteiger partial charge < -0.3 is 11.1 Å². The molecule has 0 heterocycles. The number of carbonyl (C=O) groups excluding carboxylic acids is 1. The molecule has 0 bridgehead atoms. The molecule has 1 amide bonds. The van der Waals surface area contributed by atoms with Crippen LogP contribution in [0.1, 0.15) is 28.9 Å². The molecule has 2 aromatic rings. The third kappa shape index (κ3) is 3.17. The van der Waals surface area contributed by atoms with Crippen molar-refractivity contribution >= 4 is 11.6 Å². The van der Waals surface area contributed by atoms with E-state index in [1.807, 2.05) is 25.1 Å². The first-order valence-electron chi connectivity index (χ1n) is 5.99. The van der Waals surface area contributed by atoms with Gasteiger partial charge in [0.1, 0.15) is 5.82 Å². The molecule has 2 rings (SSSR count). The minimum Gasteiger partial charge on any atom is -0.324 e. The predicted octanol–water partition coefficient (Wildman–Crippen LogP) is 3.10. The normalized spacial score (nSPS) is 11.9. The van der Waals surface area contributed by atoms with Crippen LogP contribution < -0.4 is 11.1 Å². The summed E-state index contributed by atoms with van der Waals surface area (Å²) in [5.74, 6) is -0.652. The van der Waals surface area contributed by atoms with Crippen molar-refractivity contribution in [2.75, 3.05) is 5.32 Å². The first-order valence-corrected chi connectivity index (χ1v) is 5.99. The van der Waals surface area contributed by atoms with Gasteiger partial charge in [-0.25, -0.2) is 4.39 Å². The molecular formula is C15H15FN2O. The lowest BCUT2D eigenvalue weighted by molar-refractivity contribution is 0.102. The lowest BCUT2D eigenvalue weighted by atomic mass is 10.1. The van der Waals surface area contributed by atoms with Gasteiger partial charge in [0.25, 0.3) is 5.91 Å². The molecule has 0 saturated heterocycles. The number of benzene rings is 2. The highest BCUT2D eigenvalue weighted by molar-refractivity contribution is 6.04. The van der Waals surface area contributed by atoms with Crippen LogP contribution in [0.15, 0.2) is 48.5 Å². The highest BCUT2D eigenvalue weighted by Gasteiger charge is 2.10. The summed E-state index contributed by atoms with van der Waals surface area (Å²) in [5.41, 5.74) is 7.78. The van der Waals surface area contributed by atoms with Crippen LogP contribution in [-0.2, 0) is 0 Å². The Morgan fingerprint density at radius 1 is 1.16 bits per heavy atom. The van der Waals surface area contributed by atoms with Crippen molar-refractivity contribution in [1.29, 1.82) is 0 Å². The van der Waals surface area contributed by atoms with Gasteiger partial charge in [0.05, 0.1) is 0 Å². The Morgan fingerprint density at radius 2 is 1.79 bits per heavy atom. The summed E-state index contributed by atoms with van der Waals surface area (Å²) in [6.07, 6.45) is 0. The number of hydrogen-bond acceptors (Lipinski definition) is 2. The average molecular weight is 258 g/mol. The van der Waals surface area contributed by atoms with Crippen LogP contribution in [0.5, 0.6) is 0 Å². The lowest BCUT2D eigenvalue weighted by Crippen LogP contribution is -2.15. The Kier molecular flexibility index (Phi) is 3.92. The molecule has 0 aliphatic heterocycles. The van der Waals surface area contributed by atoms with Crippen molar-refractivity contribution in [3.8, 4) is 0 Å². The Hall–Kier alpha value is -2.20. The zero-order chi connectivity index (χ0) is 13.8. The SMILES string of the molecule is CC(N)c1ccccc1NC(=O)c1ccc(F)cc1. The second-order valence-electron chi connectivity index (χ2n) is 4.34. The number of carbonyl (C=O) groups is 1. The van der Waals surface area contributed by atoms with Gasteiger partial charge in [-0.15, -0.1) is 0 Å². The lowest BCUT2D eigenvalue weighted by Gasteiger charge is -2.13. The summed E-state index contributed by atoms with van der Waals surface area (Å²) >= 11 is 0. The van der Waals surface area contributed by atoms with Crippen LogP contribution in [0.2, 0.25) is 0 Å². The highest BCUT2D eigenvalue weighted by Crippen LogP contribution is 2.21. The fourth-order valence-electron chi connectivity index (χ4n) is 1.80. The fraction of sp³-hybridized carbons (Fsp3) is 0.133. The monoisotopic (exact) mass is 258 g/mol. The maximum atomic E-state index is 12.8. The summed E-state index contributed by atoms with van der Waals surface area (Å²) in [7, 11) is 0. The number of nitrogens with one attached hydrogen (secondary N) is 1. The molecule has 0 saturated carbocycles. The zero-order valence-electron chi connectivity index (χ0n) is 10.6. The highest BCUT2D eigenvalue weighted by atomic mass is 19.1. The van der Waals surface area contributed by atoms with Gasteiger partial charge in [-0.2, -0.15) is 0 Å². The number of hydrogen-bond donors (Lipinski definition) is 2. The first-order chi connectivity index (χ1) is 9.08. The van der Waals surface area contributed by atoms with Crippen molar-refractivity contribution in [1.82, 2.24) is 0 Å². The van der Waals surface area contributed by atoms with E-state index < -0.39 is 0 Å². The number of halogens is 1. The van der Waals surface area contributed by atoms with Crippen LogP contribution in [0, 0.1) is 5.82 Å². The van der Waals surface area contributed by atoms with E-state index in [-0.39, 0.29) is 17.8 Å². The second kappa shape index (κ2) is 5.63. The molecule has 0 aliphatic carbocycles. The van der Waals surface area contributed by atoms with E-state index in [1.165, 1.54) is 24.3 Å². The number of amides is 1. The van der Waals surface area contributed by atoms with Gasteiger partial charge in [-0.1, -0.05) is 18.2 Å². The molecule has 3 nitrogen and oxygen atoms in total. The summed E-state index contributed by atoms with van der Waals surface area (Å²) in [6.45, 7) is 1.85. The van der Waals surface area contributed by atoms with E-state index in [0.29, 0.717) is 11.3 Å². The van der Waals surface area contributed by atoms with E-state index in [0.717, 1.165) is 5.56 Å². The van der Waals surface area contributed by atoms with Gasteiger partial charge in [0.15, 0.2) is 0 Å². The van der Waals surface area contributed by atoms with Gasteiger partial charge in [-0.05, 0) is 42.8 Å². The van der Waals surface area contributed by atoms with Crippen LogP contribution in [-0.4, -0.2) is 5.91 Å². The largest absolute Gasteiger partial charge is 0.324 e. The Labute approximate surface area is 111 Å². The quantitative estimate of drug-likeness (QED) is 0.888. The molecule has 98 valence electrons. The summed E-state index contributed by atoms with van der Waals surface area (Å²) < 4.78 is 12.8. The Morgan fingerprint density at radius 3 is 2.42 bits per heavy atom. The molecule has 1 atom stereocenters. The van der Waals surface area contributed by atoms with E-state index in [4.69, 9.17) is 5.73 Å². The van der Waals surface area contributed by atoms with Crippen molar-refractivity contribution in [3.63, 3.8) is 0 Å². The molecule has 19 heavy (non-hydrogen) atoms. The van der Waals surface area contributed by atoms with Gasteiger partial charge in [-0.3, -0.25) is 4.79 Å². The molecule has 0 fully saturated rings.